The van der Waals surface area contributed by atoms with Crippen LogP contribution in [0.15, 0.2) is 133 Å². The van der Waals surface area contributed by atoms with Gasteiger partial charge in [-0.1, -0.05) is 132 Å². The average molecular weight is 637 g/mol. The van der Waals surface area contributed by atoms with E-state index in [1.54, 1.807) is 60.7 Å². The van der Waals surface area contributed by atoms with Crippen LogP contribution in [0.2, 0.25) is 15.1 Å². The van der Waals surface area contributed by atoms with Crippen LogP contribution in [0, 0.1) is 17.2 Å². The predicted octanol–water partition coefficient (Wildman–Crippen LogP) is 9.77. The van der Waals surface area contributed by atoms with Crippen LogP contribution in [0.5, 0.6) is 0 Å². The molecule has 0 amide bonds. The fourth-order valence-corrected chi connectivity index (χ4v) is 7.51. The normalized spacial score (nSPS) is 24.8. The molecule has 1 saturated carbocycles. The Morgan fingerprint density at radius 2 is 1.23 bits per heavy atom. The van der Waals surface area contributed by atoms with Gasteiger partial charge in [0.15, 0.2) is 5.78 Å². The van der Waals surface area contributed by atoms with Crippen LogP contribution in [0.25, 0.3) is 0 Å². The second kappa shape index (κ2) is 12.2. The topological polar surface area (TPSA) is 61.1 Å². The van der Waals surface area contributed by atoms with Crippen molar-refractivity contribution in [2.75, 3.05) is 0 Å². The van der Waals surface area contributed by atoms with Gasteiger partial charge in [0, 0.05) is 32.5 Å². The molecule has 218 valence electrons. The molecule has 1 N–H and O–H groups in total. The van der Waals surface area contributed by atoms with Crippen LogP contribution in [0.4, 0.5) is 0 Å². The maximum atomic E-state index is 14.9. The first kappa shape index (κ1) is 30.1. The molecule has 6 heteroatoms. The van der Waals surface area contributed by atoms with Gasteiger partial charge in [-0.2, -0.15) is 5.26 Å². The molecule has 1 aliphatic rings. The molecule has 0 spiro atoms. The Hall–Kier alpha value is -3.91. The van der Waals surface area contributed by atoms with Crippen molar-refractivity contribution < 1.29 is 9.90 Å². The summed E-state index contributed by atoms with van der Waals surface area (Å²) < 4.78 is 0. The monoisotopic (exact) mass is 635 g/mol. The number of carbonyl (C=O) groups excluding carboxylic acids is 1. The molecule has 0 aliphatic heterocycles. The molecule has 5 aromatic carbocycles. The van der Waals surface area contributed by atoms with Gasteiger partial charge in [-0.15, -0.1) is 0 Å². The molecular weight excluding hydrogens is 609 g/mol. The molecule has 0 saturated heterocycles. The smallest absolute Gasteiger partial charge is 0.169 e. The number of nitrogens with zero attached hydrogens (tertiary/aromatic N) is 1. The van der Waals surface area contributed by atoms with Gasteiger partial charge in [-0.3, -0.25) is 4.79 Å². The summed E-state index contributed by atoms with van der Waals surface area (Å²) in [6.45, 7) is 0. The molecule has 0 bridgehead atoms. The van der Waals surface area contributed by atoms with Gasteiger partial charge in [-0.05, 0) is 65.1 Å². The number of halogens is 3. The molecule has 0 aromatic heterocycles. The summed E-state index contributed by atoms with van der Waals surface area (Å²) in [5, 5.41) is 26.2. The lowest BCUT2D eigenvalue weighted by Crippen LogP contribution is -2.58. The van der Waals surface area contributed by atoms with Crippen LogP contribution in [0.1, 0.15) is 50.9 Å². The highest BCUT2D eigenvalue weighted by Gasteiger charge is 2.64. The van der Waals surface area contributed by atoms with Crippen LogP contribution < -0.4 is 0 Å². The minimum atomic E-state index is -1.66. The Kier molecular flexibility index (Phi) is 8.38. The van der Waals surface area contributed by atoms with Crippen LogP contribution in [-0.4, -0.2) is 10.9 Å². The van der Waals surface area contributed by atoms with E-state index in [4.69, 9.17) is 34.8 Å². The van der Waals surface area contributed by atoms with Crippen molar-refractivity contribution in [3.05, 3.63) is 176 Å². The minimum Gasteiger partial charge on any atom is -0.384 e. The number of ketones is 1. The van der Waals surface area contributed by atoms with E-state index in [0.29, 0.717) is 37.3 Å². The van der Waals surface area contributed by atoms with Crippen molar-refractivity contribution in [1.82, 2.24) is 0 Å². The number of benzene rings is 5. The van der Waals surface area contributed by atoms with Gasteiger partial charge in [-0.25, -0.2) is 0 Å². The summed E-state index contributed by atoms with van der Waals surface area (Å²) >= 11 is 19.3. The van der Waals surface area contributed by atoms with Crippen LogP contribution >= 0.6 is 34.8 Å². The van der Waals surface area contributed by atoms with Gasteiger partial charge in [0.25, 0.3) is 0 Å². The molecular formula is C38H28Cl3NO2. The first-order valence-corrected chi connectivity index (χ1v) is 15.5. The van der Waals surface area contributed by atoms with E-state index in [1.165, 1.54) is 0 Å². The lowest BCUT2D eigenvalue weighted by molar-refractivity contribution is -0.0738. The van der Waals surface area contributed by atoms with Crippen molar-refractivity contribution in [2.45, 2.75) is 29.3 Å². The number of nitriles is 1. The largest absolute Gasteiger partial charge is 0.384 e. The molecule has 5 aromatic rings. The minimum absolute atomic E-state index is 0.0893. The van der Waals surface area contributed by atoms with Crippen molar-refractivity contribution in [2.24, 2.45) is 5.92 Å². The van der Waals surface area contributed by atoms with Crippen molar-refractivity contribution in [1.29, 1.82) is 5.26 Å². The first-order valence-electron chi connectivity index (χ1n) is 14.3. The number of Topliss-reactive ketones (excluding diaryl/α,β-unsaturated/α-hetero) is 1. The number of carbonyl (C=O) groups is 1. The zero-order chi connectivity index (χ0) is 30.9. The molecule has 5 atom stereocenters. The van der Waals surface area contributed by atoms with E-state index in [-0.39, 0.29) is 12.2 Å². The van der Waals surface area contributed by atoms with Crippen molar-refractivity contribution >= 4 is 40.6 Å². The fraction of sp³-hybridized carbons (Fsp3) is 0.158. The van der Waals surface area contributed by atoms with E-state index in [0.717, 1.165) is 5.56 Å². The summed E-state index contributed by atoms with van der Waals surface area (Å²) in [5.74, 6) is -2.71. The van der Waals surface area contributed by atoms with E-state index >= 15 is 0 Å². The van der Waals surface area contributed by atoms with E-state index in [9.17, 15) is 15.2 Å². The number of aliphatic hydroxyl groups is 1. The second-order valence-corrected chi connectivity index (χ2v) is 12.6. The maximum absolute atomic E-state index is 14.9. The third-order valence-electron chi connectivity index (χ3n) is 9.01. The predicted molar refractivity (Wildman–Crippen MR) is 176 cm³/mol. The summed E-state index contributed by atoms with van der Waals surface area (Å²) in [6.07, 6.45) is 0.0893. The molecule has 44 heavy (non-hydrogen) atoms. The highest BCUT2D eigenvalue weighted by Crippen LogP contribution is 2.64. The van der Waals surface area contributed by atoms with Gasteiger partial charge >= 0.3 is 0 Å². The molecule has 3 nitrogen and oxygen atoms in total. The lowest BCUT2D eigenvalue weighted by Gasteiger charge is -2.56. The summed E-state index contributed by atoms with van der Waals surface area (Å²) in [5.41, 5.74) is 0.227. The summed E-state index contributed by atoms with van der Waals surface area (Å²) in [6, 6.07) is 42.8. The first-order chi connectivity index (χ1) is 21.3. The van der Waals surface area contributed by atoms with Gasteiger partial charge in [0.05, 0.1) is 17.4 Å². The Bertz CT molecular complexity index is 1820. The third-order valence-corrected chi connectivity index (χ3v) is 9.75. The average Bonchev–Trinajstić information content (AvgIpc) is 3.06. The summed E-state index contributed by atoms with van der Waals surface area (Å²) in [4.78, 5) is 14.9. The molecule has 0 radical (unpaired) electrons. The molecule has 6 rings (SSSR count). The van der Waals surface area contributed by atoms with E-state index in [1.807, 2.05) is 72.8 Å². The zero-order valence-corrected chi connectivity index (χ0v) is 25.8. The van der Waals surface area contributed by atoms with Crippen LogP contribution in [-0.2, 0) is 11.0 Å². The maximum Gasteiger partial charge on any atom is 0.169 e. The number of hydrogen-bond acceptors (Lipinski definition) is 3. The van der Waals surface area contributed by atoms with Crippen molar-refractivity contribution in [3.8, 4) is 6.07 Å². The number of hydrogen-bond donors (Lipinski definition) is 1. The van der Waals surface area contributed by atoms with Gasteiger partial charge in [0.1, 0.15) is 5.60 Å². The molecule has 1 fully saturated rings. The van der Waals surface area contributed by atoms with Gasteiger partial charge in [0.2, 0.25) is 0 Å². The fourth-order valence-electron chi connectivity index (χ4n) is 7.07. The Morgan fingerprint density at radius 3 is 1.80 bits per heavy atom. The highest BCUT2D eigenvalue weighted by molar-refractivity contribution is 6.31. The SMILES string of the molecule is N#C[C@]1(c2cccc(Cl)c2)[C@H](c2ccc(Cl)cc2)C[C@](O)(c2ccccc2)[C@@H](C(=O)c2ccccc2)[C@@H]1c1ccc(Cl)cc1. The molecule has 1 aliphatic carbocycles. The number of rotatable bonds is 6. The molecule has 0 unspecified atom stereocenters. The van der Waals surface area contributed by atoms with Crippen LogP contribution in [0.3, 0.4) is 0 Å². The lowest BCUT2D eigenvalue weighted by atomic mass is 9.46. The molecule has 0 heterocycles. The third kappa shape index (κ3) is 5.23. The highest BCUT2D eigenvalue weighted by atomic mass is 35.5. The standard InChI is InChI=1S/C38H28Cl3NO2/c39-30-18-14-25(15-19-30)33-23-38(44,28-10-5-2-6-11-28)35(36(43)27-8-3-1-4-9-27)34(26-16-20-31(40)21-17-26)37(33,24-42)29-12-7-13-32(41)22-29/h1-22,33-35,44H,23H2/t33-,34-,35+,37-,38-/m0/s1. The summed E-state index contributed by atoms with van der Waals surface area (Å²) in [7, 11) is 0. The van der Waals surface area contributed by atoms with E-state index < -0.39 is 28.8 Å². The van der Waals surface area contributed by atoms with Crippen molar-refractivity contribution in [3.63, 3.8) is 0 Å². The Morgan fingerprint density at radius 1 is 0.682 bits per heavy atom. The Labute approximate surface area is 272 Å². The Balaban J connectivity index is 1.74. The van der Waals surface area contributed by atoms with Gasteiger partial charge < -0.3 is 5.11 Å². The zero-order valence-electron chi connectivity index (χ0n) is 23.6. The quantitative estimate of drug-likeness (QED) is 0.189. The second-order valence-electron chi connectivity index (χ2n) is 11.3. The van der Waals surface area contributed by atoms with E-state index in [2.05, 4.69) is 6.07 Å².